The largest absolute Gasteiger partial charge is 0.478 e. The fourth-order valence-corrected chi connectivity index (χ4v) is 6.00. The van der Waals surface area contributed by atoms with Crippen LogP contribution in [0.15, 0.2) is 85.1 Å². The number of benzene rings is 3. The Morgan fingerprint density at radius 3 is 2.44 bits per heavy atom. The van der Waals surface area contributed by atoms with Crippen LogP contribution in [0.5, 0.6) is 0 Å². The Labute approximate surface area is 251 Å². The summed E-state index contributed by atoms with van der Waals surface area (Å²) >= 11 is 0. The SMILES string of the molecule is CCCCCCn1c(-c2ccc3nc(CCC)n(Cc4cccc(-c5ccccc5)c4C(=O)O)c3c2)nc2cccnc21. The molecule has 3 aromatic heterocycles. The van der Waals surface area contributed by atoms with Gasteiger partial charge in [-0.05, 0) is 59.9 Å². The summed E-state index contributed by atoms with van der Waals surface area (Å²) in [7, 11) is 0. The van der Waals surface area contributed by atoms with Crippen molar-refractivity contribution in [1.29, 1.82) is 0 Å². The number of aryl methyl sites for hydroxylation is 2. The quantitative estimate of drug-likeness (QED) is 0.149. The number of fused-ring (bicyclic) bond motifs is 2. The molecule has 0 radical (unpaired) electrons. The molecule has 0 amide bonds. The van der Waals surface area contributed by atoms with E-state index in [-0.39, 0.29) is 0 Å². The van der Waals surface area contributed by atoms with E-state index in [9.17, 15) is 9.90 Å². The van der Waals surface area contributed by atoms with Gasteiger partial charge in [0.1, 0.15) is 17.2 Å². The zero-order chi connectivity index (χ0) is 29.8. The Kier molecular flexibility index (Phi) is 8.31. The molecule has 0 fully saturated rings. The number of carbonyl (C=O) groups is 1. The molecule has 3 aromatic carbocycles. The highest BCUT2D eigenvalue weighted by Gasteiger charge is 2.21. The molecule has 7 nitrogen and oxygen atoms in total. The summed E-state index contributed by atoms with van der Waals surface area (Å²) in [5, 5.41) is 10.4. The number of aromatic carboxylic acids is 1. The minimum Gasteiger partial charge on any atom is -0.478 e. The standard InChI is InChI=1S/C36H37N5O2/c1-3-5-6-10-22-40-34(39-30-18-12-21-37-35(30)40)26-19-20-29-31(23-26)41(32(38-29)13-4-2)24-27-16-11-17-28(33(27)36(42)43)25-14-8-7-9-15-25/h7-9,11-12,14-21,23H,3-6,10,13,22,24H2,1-2H3,(H,42,43). The highest BCUT2D eigenvalue weighted by Crippen LogP contribution is 2.31. The molecule has 0 aliphatic rings. The molecule has 43 heavy (non-hydrogen) atoms. The maximum Gasteiger partial charge on any atom is 0.336 e. The van der Waals surface area contributed by atoms with Gasteiger partial charge in [-0.1, -0.05) is 81.6 Å². The van der Waals surface area contributed by atoms with Crippen LogP contribution in [0.3, 0.4) is 0 Å². The topological polar surface area (TPSA) is 85.8 Å². The molecule has 1 N–H and O–H groups in total. The minimum absolute atomic E-state index is 0.328. The van der Waals surface area contributed by atoms with Gasteiger partial charge in [-0.25, -0.2) is 19.7 Å². The Hall–Kier alpha value is -4.78. The first-order valence-electron chi connectivity index (χ1n) is 15.3. The van der Waals surface area contributed by atoms with Gasteiger partial charge >= 0.3 is 5.97 Å². The number of hydrogen-bond donors (Lipinski definition) is 1. The number of unbranched alkanes of at least 4 members (excludes halogenated alkanes) is 3. The van der Waals surface area contributed by atoms with E-state index in [2.05, 4.69) is 46.2 Å². The Morgan fingerprint density at radius 1 is 0.791 bits per heavy atom. The predicted molar refractivity (Wildman–Crippen MR) is 172 cm³/mol. The Morgan fingerprint density at radius 2 is 1.65 bits per heavy atom. The van der Waals surface area contributed by atoms with Crippen LogP contribution in [-0.4, -0.2) is 35.2 Å². The second-order valence-electron chi connectivity index (χ2n) is 11.1. The van der Waals surface area contributed by atoms with Crippen LogP contribution >= 0.6 is 0 Å². The highest BCUT2D eigenvalue weighted by molar-refractivity contribution is 5.97. The van der Waals surface area contributed by atoms with Crippen molar-refractivity contribution in [2.24, 2.45) is 0 Å². The summed E-state index contributed by atoms with van der Waals surface area (Å²) in [6, 6.07) is 25.7. The molecule has 6 aromatic rings. The maximum atomic E-state index is 12.7. The van der Waals surface area contributed by atoms with Gasteiger partial charge in [0.15, 0.2) is 5.65 Å². The molecular weight excluding hydrogens is 534 g/mol. The predicted octanol–water partition coefficient (Wildman–Crippen LogP) is 8.39. The summed E-state index contributed by atoms with van der Waals surface area (Å²) in [5.74, 6) is 0.918. The second-order valence-corrected chi connectivity index (χ2v) is 11.1. The molecule has 0 unspecified atom stereocenters. The Bertz CT molecular complexity index is 1890. The molecular formula is C36H37N5O2. The smallest absolute Gasteiger partial charge is 0.336 e. The molecule has 0 atom stereocenters. The van der Waals surface area contributed by atoms with Gasteiger partial charge in [-0.2, -0.15) is 0 Å². The van der Waals surface area contributed by atoms with Crippen molar-refractivity contribution in [1.82, 2.24) is 24.1 Å². The number of hydrogen-bond acceptors (Lipinski definition) is 4. The molecule has 0 spiro atoms. The van der Waals surface area contributed by atoms with Crippen molar-refractivity contribution >= 4 is 28.2 Å². The average Bonchev–Trinajstić information content (AvgIpc) is 3.57. The van der Waals surface area contributed by atoms with Crippen molar-refractivity contribution in [3.63, 3.8) is 0 Å². The summed E-state index contributed by atoms with van der Waals surface area (Å²) in [4.78, 5) is 27.4. The number of pyridine rings is 1. The van der Waals surface area contributed by atoms with E-state index in [0.717, 1.165) is 81.9 Å². The van der Waals surface area contributed by atoms with Crippen LogP contribution < -0.4 is 0 Å². The van der Waals surface area contributed by atoms with Gasteiger partial charge in [-0.15, -0.1) is 0 Å². The van der Waals surface area contributed by atoms with E-state index in [1.165, 1.54) is 19.3 Å². The lowest BCUT2D eigenvalue weighted by Crippen LogP contribution is -2.11. The fraction of sp³-hybridized carbons (Fsp3) is 0.278. The molecule has 218 valence electrons. The van der Waals surface area contributed by atoms with Crippen LogP contribution in [0.2, 0.25) is 0 Å². The first-order chi connectivity index (χ1) is 21.1. The lowest BCUT2D eigenvalue weighted by Gasteiger charge is -2.15. The van der Waals surface area contributed by atoms with Crippen molar-refractivity contribution in [3.8, 4) is 22.5 Å². The molecule has 0 saturated heterocycles. The molecule has 3 heterocycles. The average molecular weight is 572 g/mol. The third kappa shape index (κ3) is 5.67. The normalized spacial score (nSPS) is 11.5. The van der Waals surface area contributed by atoms with Gasteiger partial charge in [0.2, 0.25) is 0 Å². The number of nitrogens with zero attached hydrogens (tertiary/aromatic N) is 5. The minimum atomic E-state index is -0.930. The lowest BCUT2D eigenvalue weighted by atomic mass is 9.95. The van der Waals surface area contributed by atoms with Gasteiger partial charge in [-0.3, -0.25) is 0 Å². The number of carboxylic acid groups (broad SMARTS) is 1. The summed E-state index contributed by atoms with van der Waals surface area (Å²) < 4.78 is 4.43. The molecule has 7 heteroatoms. The van der Waals surface area contributed by atoms with Gasteiger partial charge < -0.3 is 14.2 Å². The zero-order valence-corrected chi connectivity index (χ0v) is 24.8. The molecule has 0 aliphatic carbocycles. The van der Waals surface area contributed by atoms with Crippen LogP contribution in [0.4, 0.5) is 0 Å². The van der Waals surface area contributed by atoms with E-state index in [0.29, 0.717) is 12.1 Å². The number of rotatable bonds is 12. The third-order valence-corrected chi connectivity index (χ3v) is 8.08. The zero-order valence-electron chi connectivity index (χ0n) is 24.8. The van der Waals surface area contributed by atoms with Crippen molar-refractivity contribution in [2.75, 3.05) is 0 Å². The van der Waals surface area contributed by atoms with Crippen LogP contribution in [-0.2, 0) is 19.5 Å². The fourth-order valence-electron chi connectivity index (χ4n) is 6.00. The van der Waals surface area contributed by atoms with Crippen molar-refractivity contribution in [2.45, 2.75) is 65.5 Å². The van der Waals surface area contributed by atoms with Crippen LogP contribution in [0.1, 0.15) is 67.7 Å². The second kappa shape index (κ2) is 12.6. The number of carboxylic acids is 1. The number of aromatic nitrogens is 5. The van der Waals surface area contributed by atoms with Gasteiger partial charge in [0.25, 0.3) is 0 Å². The third-order valence-electron chi connectivity index (χ3n) is 8.08. The molecule has 0 aliphatic heterocycles. The summed E-state index contributed by atoms with van der Waals surface area (Å²) in [6.07, 6.45) is 8.20. The van der Waals surface area contributed by atoms with E-state index in [4.69, 9.17) is 9.97 Å². The van der Waals surface area contributed by atoms with E-state index in [1.807, 2.05) is 66.9 Å². The first kappa shape index (κ1) is 28.3. The van der Waals surface area contributed by atoms with E-state index < -0.39 is 5.97 Å². The van der Waals surface area contributed by atoms with Crippen LogP contribution in [0, 0.1) is 0 Å². The van der Waals surface area contributed by atoms with Crippen LogP contribution in [0.25, 0.3) is 44.7 Å². The monoisotopic (exact) mass is 571 g/mol. The van der Waals surface area contributed by atoms with Crippen molar-refractivity contribution in [3.05, 3.63) is 102 Å². The number of imidazole rings is 2. The molecule has 0 saturated carbocycles. The summed E-state index contributed by atoms with van der Waals surface area (Å²) in [6.45, 7) is 5.63. The maximum absolute atomic E-state index is 12.7. The lowest BCUT2D eigenvalue weighted by molar-refractivity contribution is 0.0696. The molecule has 0 bridgehead atoms. The van der Waals surface area contributed by atoms with Gasteiger partial charge in [0, 0.05) is 24.7 Å². The van der Waals surface area contributed by atoms with E-state index in [1.54, 1.807) is 0 Å². The molecule has 6 rings (SSSR count). The van der Waals surface area contributed by atoms with Crippen molar-refractivity contribution < 1.29 is 9.90 Å². The van der Waals surface area contributed by atoms with Gasteiger partial charge in [0.05, 0.1) is 23.1 Å². The summed E-state index contributed by atoms with van der Waals surface area (Å²) in [5.41, 5.74) is 7.35. The van der Waals surface area contributed by atoms with E-state index >= 15 is 0 Å². The first-order valence-corrected chi connectivity index (χ1v) is 15.3. The highest BCUT2D eigenvalue weighted by atomic mass is 16.4. The Balaban J connectivity index is 1.47.